The van der Waals surface area contributed by atoms with Gasteiger partial charge in [-0.1, -0.05) is 54.6 Å². The second-order valence-electron chi connectivity index (χ2n) is 6.79. The first kappa shape index (κ1) is 18.6. The molecule has 0 atom stereocenters. The van der Waals surface area contributed by atoms with Crippen molar-refractivity contribution < 1.29 is 18.9 Å². The Bertz CT molecular complexity index is 1150. The molecule has 0 radical (unpaired) electrons. The number of aliphatic imine (C=N–C) groups is 1. The van der Waals surface area contributed by atoms with Gasteiger partial charge in [-0.15, -0.1) is 0 Å². The zero-order valence-corrected chi connectivity index (χ0v) is 15.9. The van der Waals surface area contributed by atoms with Gasteiger partial charge >= 0.3 is 11.9 Å². The topological polar surface area (TPSA) is 66.7 Å². The number of benzene rings is 3. The van der Waals surface area contributed by atoms with E-state index in [9.17, 15) is 4.79 Å². The maximum absolute atomic E-state index is 10.9. The van der Waals surface area contributed by atoms with E-state index in [2.05, 4.69) is 9.56 Å². The Morgan fingerprint density at radius 2 is 1.62 bits per heavy atom. The van der Waals surface area contributed by atoms with Crippen LogP contribution in [0.1, 0.15) is 17.0 Å². The molecule has 0 saturated carbocycles. The number of aliphatic carboxylic acids is 1. The van der Waals surface area contributed by atoms with Gasteiger partial charge in [0.2, 0.25) is 5.58 Å². The van der Waals surface area contributed by atoms with E-state index in [1.54, 1.807) is 0 Å². The van der Waals surface area contributed by atoms with Crippen molar-refractivity contribution in [1.82, 2.24) is 0 Å². The van der Waals surface area contributed by atoms with Crippen LogP contribution < -0.4 is 4.57 Å². The van der Waals surface area contributed by atoms with E-state index in [1.807, 2.05) is 85.1 Å². The number of nitrogens with zero attached hydrogens (tertiary/aromatic N) is 2. The van der Waals surface area contributed by atoms with Crippen LogP contribution in [0.3, 0.4) is 0 Å². The summed E-state index contributed by atoms with van der Waals surface area (Å²) in [6, 6.07) is 25.4. The van der Waals surface area contributed by atoms with E-state index in [0.29, 0.717) is 13.0 Å². The predicted molar refractivity (Wildman–Crippen MR) is 112 cm³/mol. The molecule has 144 valence electrons. The van der Waals surface area contributed by atoms with Crippen molar-refractivity contribution in [2.45, 2.75) is 19.4 Å². The lowest BCUT2D eigenvalue weighted by Gasteiger charge is -2.01. The first-order valence-electron chi connectivity index (χ1n) is 9.46. The van der Waals surface area contributed by atoms with E-state index in [0.717, 1.165) is 33.8 Å². The standard InChI is InChI=1S/C24H20N2O3/c27-24(28)16-18-10-12-19(13-11-18)17-26-21-8-4-5-9-22(21)29-23(26)14-15-25-20-6-2-1-3-7-20/h1-13,15H,14,16-17H2/p+1. The van der Waals surface area contributed by atoms with Crippen molar-refractivity contribution in [3.8, 4) is 0 Å². The van der Waals surface area contributed by atoms with Crippen LogP contribution in [-0.2, 0) is 24.2 Å². The van der Waals surface area contributed by atoms with E-state index in [4.69, 9.17) is 9.52 Å². The van der Waals surface area contributed by atoms with Crippen LogP contribution in [-0.4, -0.2) is 17.3 Å². The third-order valence-corrected chi connectivity index (χ3v) is 4.67. The fourth-order valence-electron chi connectivity index (χ4n) is 3.27. The minimum Gasteiger partial charge on any atom is -0.481 e. The predicted octanol–water partition coefficient (Wildman–Crippen LogP) is 4.34. The number of para-hydroxylation sites is 3. The Morgan fingerprint density at radius 1 is 0.931 bits per heavy atom. The molecular weight excluding hydrogens is 364 g/mol. The van der Waals surface area contributed by atoms with Crippen LogP contribution in [0.25, 0.3) is 11.1 Å². The number of hydrogen-bond donors (Lipinski definition) is 1. The molecule has 0 unspecified atom stereocenters. The zero-order chi connectivity index (χ0) is 20.1. The summed E-state index contributed by atoms with van der Waals surface area (Å²) >= 11 is 0. The van der Waals surface area contributed by atoms with Gasteiger partial charge in [0.15, 0.2) is 6.54 Å². The van der Waals surface area contributed by atoms with Crippen LogP contribution in [0.5, 0.6) is 0 Å². The zero-order valence-electron chi connectivity index (χ0n) is 15.9. The molecule has 4 aromatic rings. The van der Waals surface area contributed by atoms with Gasteiger partial charge in [0.1, 0.15) is 6.42 Å². The van der Waals surface area contributed by atoms with Crippen molar-refractivity contribution in [1.29, 1.82) is 0 Å². The molecule has 1 heterocycles. The first-order valence-corrected chi connectivity index (χ1v) is 9.46. The maximum atomic E-state index is 10.9. The van der Waals surface area contributed by atoms with Gasteiger partial charge in [0.05, 0.1) is 12.1 Å². The lowest BCUT2D eigenvalue weighted by molar-refractivity contribution is -0.674. The Kier molecular flexibility index (Phi) is 5.47. The van der Waals surface area contributed by atoms with Crippen molar-refractivity contribution in [2.24, 2.45) is 4.99 Å². The average molecular weight is 385 g/mol. The molecule has 5 nitrogen and oxygen atoms in total. The molecule has 0 spiro atoms. The van der Waals surface area contributed by atoms with Gasteiger partial charge in [-0.3, -0.25) is 9.79 Å². The van der Waals surface area contributed by atoms with Crippen LogP contribution >= 0.6 is 0 Å². The highest BCUT2D eigenvalue weighted by molar-refractivity contribution is 5.70. The number of carboxylic acid groups (broad SMARTS) is 1. The second kappa shape index (κ2) is 8.52. The molecule has 29 heavy (non-hydrogen) atoms. The fraction of sp³-hybridized carbons (Fsp3) is 0.125. The number of carbonyl (C=O) groups is 1. The second-order valence-corrected chi connectivity index (χ2v) is 6.79. The molecule has 5 heteroatoms. The van der Waals surface area contributed by atoms with Gasteiger partial charge in [0.25, 0.3) is 5.52 Å². The summed E-state index contributed by atoms with van der Waals surface area (Å²) < 4.78 is 8.22. The fourth-order valence-corrected chi connectivity index (χ4v) is 3.27. The highest BCUT2D eigenvalue weighted by atomic mass is 16.4. The number of rotatable bonds is 7. The van der Waals surface area contributed by atoms with Gasteiger partial charge in [-0.05, 0) is 23.8 Å². The molecule has 0 fully saturated rings. The molecule has 0 amide bonds. The molecule has 0 aliphatic rings. The molecule has 0 saturated heterocycles. The number of carboxylic acids is 1. The van der Waals surface area contributed by atoms with Crippen molar-refractivity contribution in [3.05, 3.63) is 95.9 Å². The first-order chi connectivity index (χ1) is 14.2. The van der Waals surface area contributed by atoms with E-state index in [1.165, 1.54) is 0 Å². The van der Waals surface area contributed by atoms with Crippen molar-refractivity contribution in [3.63, 3.8) is 0 Å². The SMILES string of the molecule is O=C(O)Cc1ccc(C[n+]2c(CC=Nc3ccccc3)oc3ccccc32)cc1. The maximum Gasteiger partial charge on any atom is 0.353 e. The van der Waals surface area contributed by atoms with Crippen LogP contribution in [0.4, 0.5) is 5.69 Å². The molecule has 0 bridgehead atoms. The number of hydrogen-bond acceptors (Lipinski definition) is 3. The molecule has 4 rings (SSSR count). The summed E-state index contributed by atoms with van der Waals surface area (Å²) in [5.41, 5.74) is 4.63. The molecule has 3 aromatic carbocycles. The lowest BCUT2D eigenvalue weighted by Crippen LogP contribution is -2.37. The summed E-state index contributed by atoms with van der Waals surface area (Å²) in [6.45, 7) is 0.638. The molecule has 1 aromatic heterocycles. The minimum absolute atomic E-state index is 0.0310. The molecule has 1 N–H and O–H groups in total. The van der Waals surface area contributed by atoms with Crippen LogP contribution in [0, 0.1) is 0 Å². The van der Waals surface area contributed by atoms with E-state index >= 15 is 0 Å². The number of aromatic nitrogens is 1. The minimum atomic E-state index is -0.826. The van der Waals surface area contributed by atoms with Gasteiger partial charge in [0, 0.05) is 17.8 Å². The Morgan fingerprint density at radius 3 is 2.38 bits per heavy atom. The summed E-state index contributed by atoms with van der Waals surface area (Å²) in [5.74, 6) is -0.00608. The summed E-state index contributed by atoms with van der Waals surface area (Å²) in [5, 5.41) is 8.93. The van der Waals surface area contributed by atoms with Gasteiger partial charge < -0.3 is 9.52 Å². The van der Waals surface area contributed by atoms with E-state index < -0.39 is 5.97 Å². The van der Waals surface area contributed by atoms with Gasteiger partial charge in [-0.2, -0.15) is 4.57 Å². The number of fused-ring (bicyclic) bond motifs is 1. The molecule has 0 aliphatic heterocycles. The number of oxazole rings is 1. The molecule has 0 aliphatic carbocycles. The Balaban J connectivity index is 1.59. The third-order valence-electron chi connectivity index (χ3n) is 4.67. The average Bonchev–Trinajstić information content (AvgIpc) is 3.07. The lowest BCUT2D eigenvalue weighted by atomic mass is 10.1. The molecular formula is C24H21N2O3+. The van der Waals surface area contributed by atoms with Gasteiger partial charge in [-0.25, -0.2) is 0 Å². The summed E-state index contributed by atoms with van der Waals surface area (Å²) in [7, 11) is 0. The highest BCUT2D eigenvalue weighted by Crippen LogP contribution is 2.16. The third kappa shape index (κ3) is 4.58. The van der Waals surface area contributed by atoms with Crippen molar-refractivity contribution >= 4 is 29.0 Å². The normalized spacial score (nSPS) is 11.3. The van der Waals surface area contributed by atoms with E-state index in [-0.39, 0.29) is 6.42 Å². The Labute approximate surface area is 168 Å². The Hall–Kier alpha value is -3.73. The smallest absolute Gasteiger partial charge is 0.353 e. The largest absolute Gasteiger partial charge is 0.481 e. The summed E-state index contributed by atoms with van der Waals surface area (Å²) in [4.78, 5) is 15.4. The highest BCUT2D eigenvalue weighted by Gasteiger charge is 2.21. The van der Waals surface area contributed by atoms with Crippen LogP contribution in [0.2, 0.25) is 0 Å². The quantitative estimate of drug-likeness (QED) is 0.380. The van der Waals surface area contributed by atoms with Crippen molar-refractivity contribution in [2.75, 3.05) is 0 Å². The van der Waals surface area contributed by atoms with Crippen LogP contribution in [0.15, 0.2) is 88.3 Å². The summed E-state index contributed by atoms with van der Waals surface area (Å²) in [6.07, 6.45) is 2.46. The monoisotopic (exact) mass is 385 g/mol.